The van der Waals surface area contributed by atoms with E-state index >= 15 is 0 Å². The third-order valence-electron chi connectivity index (χ3n) is 5.15. The number of piperazine rings is 1. The fourth-order valence-electron chi connectivity index (χ4n) is 3.35. The number of carbonyl (C=O) groups excluding carboxylic acids is 1. The van der Waals surface area contributed by atoms with Gasteiger partial charge in [0.25, 0.3) is 5.91 Å². The molecule has 2 aromatic carbocycles. The number of nitrogens with zero attached hydrogens (tertiary/aromatic N) is 5. The first-order chi connectivity index (χ1) is 14.9. The summed E-state index contributed by atoms with van der Waals surface area (Å²) in [6, 6.07) is 15.8. The molecule has 0 saturated carbocycles. The molecular formula is C21H24N6O3S. The number of anilines is 1. The molecule has 3 aromatic rings. The lowest BCUT2D eigenvalue weighted by Gasteiger charge is -2.31. The van der Waals surface area contributed by atoms with E-state index in [-0.39, 0.29) is 16.4 Å². The number of benzene rings is 2. The van der Waals surface area contributed by atoms with Crippen molar-refractivity contribution in [2.45, 2.75) is 11.4 Å². The quantitative estimate of drug-likeness (QED) is 0.624. The van der Waals surface area contributed by atoms with Crippen molar-refractivity contribution in [2.75, 3.05) is 38.5 Å². The highest BCUT2D eigenvalue weighted by Crippen LogP contribution is 2.19. The van der Waals surface area contributed by atoms with Crippen LogP contribution >= 0.6 is 0 Å². The number of rotatable bonds is 6. The first-order valence-electron chi connectivity index (χ1n) is 9.95. The van der Waals surface area contributed by atoms with Gasteiger partial charge < -0.3 is 4.90 Å². The SMILES string of the molecule is CN1CCN(S(=O)(=O)c2cccc(C(=O)Nc3ncn(Cc4ccccc4)n3)c2)CC1. The van der Waals surface area contributed by atoms with Crippen LogP contribution in [0.2, 0.25) is 0 Å². The van der Waals surface area contributed by atoms with E-state index in [2.05, 4.69) is 20.3 Å². The van der Waals surface area contributed by atoms with Crippen LogP contribution in [0.25, 0.3) is 0 Å². The first kappa shape index (κ1) is 21.2. The zero-order valence-corrected chi connectivity index (χ0v) is 18.0. The topological polar surface area (TPSA) is 100 Å². The number of hydrogen-bond donors (Lipinski definition) is 1. The second-order valence-electron chi connectivity index (χ2n) is 7.44. The highest BCUT2D eigenvalue weighted by molar-refractivity contribution is 7.89. The van der Waals surface area contributed by atoms with Crippen molar-refractivity contribution in [3.05, 3.63) is 72.1 Å². The van der Waals surface area contributed by atoms with Crippen molar-refractivity contribution in [3.8, 4) is 0 Å². The Kier molecular flexibility index (Phi) is 6.12. The van der Waals surface area contributed by atoms with Crippen LogP contribution in [0.3, 0.4) is 0 Å². The number of amides is 1. The van der Waals surface area contributed by atoms with Crippen molar-refractivity contribution < 1.29 is 13.2 Å². The first-order valence-corrected chi connectivity index (χ1v) is 11.4. The molecule has 1 saturated heterocycles. The molecule has 2 heterocycles. The normalized spacial score (nSPS) is 15.6. The average Bonchev–Trinajstić information content (AvgIpc) is 3.21. The maximum Gasteiger partial charge on any atom is 0.258 e. The predicted octanol–water partition coefficient (Wildman–Crippen LogP) is 1.51. The summed E-state index contributed by atoms with van der Waals surface area (Å²) < 4.78 is 29.0. The van der Waals surface area contributed by atoms with Gasteiger partial charge in [-0.2, -0.15) is 4.31 Å². The highest BCUT2D eigenvalue weighted by atomic mass is 32.2. The van der Waals surface area contributed by atoms with Crippen molar-refractivity contribution in [1.82, 2.24) is 24.0 Å². The van der Waals surface area contributed by atoms with E-state index in [1.54, 1.807) is 16.8 Å². The Labute approximate surface area is 181 Å². The lowest BCUT2D eigenvalue weighted by molar-refractivity contribution is 0.102. The molecule has 1 fully saturated rings. The van der Waals surface area contributed by atoms with Gasteiger partial charge in [-0.25, -0.2) is 18.1 Å². The van der Waals surface area contributed by atoms with Gasteiger partial charge in [0.05, 0.1) is 11.4 Å². The molecule has 1 aromatic heterocycles. The minimum Gasteiger partial charge on any atom is -0.304 e. The van der Waals surface area contributed by atoms with E-state index in [0.29, 0.717) is 32.7 Å². The van der Waals surface area contributed by atoms with Crippen LogP contribution in [0.15, 0.2) is 65.8 Å². The lowest BCUT2D eigenvalue weighted by atomic mass is 10.2. The maximum atomic E-state index is 13.0. The Morgan fingerprint density at radius 3 is 2.52 bits per heavy atom. The van der Waals surface area contributed by atoms with Crippen LogP contribution in [-0.2, 0) is 16.6 Å². The van der Waals surface area contributed by atoms with Gasteiger partial charge in [0, 0.05) is 31.7 Å². The summed E-state index contributed by atoms with van der Waals surface area (Å²) in [6.45, 7) is 2.74. The van der Waals surface area contributed by atoms with E-state index in [9.17, 15) is 13.2 Å². The van der Waals surface area contributed by atoms with Gasteiger partial charge in [0.1, 0.15) is 6.33 Å². The molecule has 0 radical (unpaired) electrons. The Morgan fingerprint density at radius 2 is 1.77 bits per heavy atom. The smallest absolute Gasteiger partial charge is 0.258 e. The molecule has 0 atom stereocenters. The molecule has 9 nitrogen and oxygen atoms in total. The Bertz CT molecular complexity index is 1150. The molecule has 1 N–H and O–H groups in total. The standard InChI is InChI=1S/C21H24N6O3S/c1-25-10-12-27(13-11-25)31(29,30)19-9-5-8-18(14-19)20(28)23-21-22-16-26(24-21)15-17-6-3-2-4-7-17/h2-9,14,16H,10-13,15H2,1H3,(H,23,24,28). The Balaban J connectivity index is 1.45. The molecule has 0 spiro atoms. The molecule has 0 bridgehead atoms. The molecule has 1 aliphatic rings. The van der Waals surface area contributed by atoms with Crippen LogP contribution in [0, 0.1) is 0 Å². The van der Waals surface area contributed by atoms with Gasteiger partial charge in [0.15, 0.2) is 0 Å². The van der Waals surface area contributed by atoms with Crippen LogP contribution < -0.4 is 5.32 Å². The van der Waals surface area contributed by atoms with Crippen LogP contribution in [-0.4, -0.2) is 71.5 Å². The summed E-state index contributed by atoms with van der Waals surface area (Å²) in [5.74, 6) is -0.304. The summed E-state index contributed by atoms with van der Waals surface area (Å²) in [5, 5.41) is 6.90. The molecule has 1 aliphatic heterocycles. The minimum atomic E-state index is -3.65. The maximum absolute atomic E-state index is 13.0. The van der Waals surface area contributed by atoms with E-state index in [1.165, 1.54) is 22.8 Å². The molecule has 4 rings (SSSR count). The number of likely N-dealkylation sites (N-methyl/N-ethyl adjacent to an activating group) is 1. The molecular weight excluding hydrogens is 416 g/mol. The molecule has 10 heteroatoms. The number of nitrogens with one attached hydrogen (secondary N) is 1. The average molecular weight is 441 g/mol. The van der Waals surface area contributed by atoms with Gasteiger partial charge in [-0.3, -0.25) is 10.1 Å². The minimum absolute atomic E-state index is 0.104. The third-order valence-corrected chi connectivity index (χ3v) is 7.04. The van der Waals surface area contributed by atoms with Gasteiger partial charge in [-0.1, -0.05) is 36.4 Å². The number of hydrogen-bond acceptors (Lipinski definition) is 6. The van der Waals surface area contributed by atoms with E-state index in [4.69, 9.17) is 0 Å². The van der Waals surface area contributed by atoms with E-state index in [1.807, 2.05) is 37.4 Å². The van der Waals surface area contributed by atoms with Gasteiger partial charge in [0.2, 0.25) is 16.0 Å². The third kappa shape index (κ3) is 4.98. The zero-order chi connectivity index (χ0) is 21.8. The molecule has 0 unspecified atom stereocenters. The summed E-state index contributed by atoms with van der Waals surface area (Å²) in [5.41, 5.74) is 1.29. The fourth-order valence-corrected chi connectivity index (χ4v) is 4.82. The van der Waals surface area contributed by atoms with Crippen molar-refractivity contribution in [3.63, 3.8) is 0 Å². The van der Waals surface area contributed by atoms with Crippen LogP contribution in [0.5, 0.6) is 0 Å². The summed E-state index contributed by atoms with van der Waals surface area (Å²) in [6.07, 6.45) is 1.54. The summed E-state index contributed by atoms with van der Waals surface area (Å²) in [4.78, 5) is 19.0. The molecule has 31 heavy (non-hydrogen) atoms. The van der Waals surface area contributed by atoms with E-state index < -0.39 is 15.9 Å². The van der Waals surface area contributed by atoms with Crippen molar-refractivity contribution in [1.29, 1.82) is 0 Å². The van der Waals surface area contributed by atoms with E-state index in [0.717, 1.165) is 5.56 Å². The lowest BCUT2D eigenvalue weighted by Crippen LogP contribution is -2.47. The van der Waals surface area contributed by atoms with Crippen LogP contribution in [0.4, 0.5) is 5.95 Å². The number of aromatic nitrogens is 3. The van der Waals surface area contributed by atoms with Gasteiger partial charge in [-0.05, 0) is 30.8 Å². The van der Waals surface area contributed by atoms with Gasteiger partial charge in [-0.15, -0.1) is 5.10 Å². The monoisotopic (exact) mass is 440 g/mol. The molecule has 162 valence electrons. The Hall–Kier alpha value is -3.08. The van der Waals surface area contributed by atoms with Crippen molar-refractivity contribution in [2.24, 2.45) is 0 Å². The number of carbonyl (C=O) groups is 1. The zero-order valence-electron chi connectivity index (χ0n) is 17.2. The second kappa shape index (κ2) is 8.96. The van der Waals surface area contributed by atoms with Crippen molar-refractivity contribution >= 4 is 21.9 Å². The summed E-state index contributed by atoms with van der Waals surface area (Å²) in [7, 11) is -1.69. The molecule has 1 amide bonds. The highest BCUT2D eigenvalue weighted by Gasteiger charge is 2.28. The van der Waals surface area contributed by atoms with Crippen LogP contribution in [0.1, 0.15) is 15.9 Å². The Morgan fingerprint density at radius 1 is 1.03 bits per heavy atom. The molecule has 0 aliphatic carbocycles. The van der Waals surface area contributed by atoms with Gasteiger partial charge >= 0.3 is 0 Å². The largest absolute Gasteiger partial charge is 0.304 e. The second-order valence-corrected chi connectivity index (χ2v) is 9.38. The fraction of sp³-hybridized carbons (Fsp3) is 0.286. The number of sulfonamides is 1. The predicted molar refractivity (Wildman–Crippen MR) is 116 cm³/mol. The summed E-state index contributed by atoms with van der Waals surface area (Å²) >= 11 is 0.